The second-order valence-corrected chi connectivity index (χ2v) is 5.46. The number of amides is 1. The van der Waals surface area contributed by atoms with Crippen LogP contribution in [-0.4, -0.2) is 15.5 Å². The van der Waals surface area contributed by atoms with E-state index < -0.39 is 17.5 Å². The van der Waals surface area contributed by atoms with Crippen molar-refractivity contribution >= 4 is 22.5 Å². The number of anilines is 1. The van der Waals surface area contributed by atoms with Crippen LogP contribution in [0.25, 0.3) is 10.9 Å². The first-order valence-electron chi connectivity index (χ1n) is 7.73. The lowest BCUT2D eigenvalue weighted by Gasteiger charge is -2.13. The molecule has 5 nitrogen and oxygen atoms in total. The Morgan fingerprint density at radius 3 is 2.68 bits per heavy atom. The molecule has 0 aliphatic carbocycles. The molecule has 0 aliphatic rings. The topological polar surface area (TPSA) is 64.0 Å². The summed E-state index contributed by atoms with van der Waals surface area (Å²) in [5.41, 5.74) is 0.0778. The summed E-state index contributed by atoms with van der Waals surface area (Å²) in [5, 5.41) is 2.75. The van der Waals surface area contributed by atoms with Gasteiger partial charge >= 0.3 is 0 Å². The first kappa shape index (κ1) is 16.8. The zero-order chi connectivity index (χ0) is 18.0. The number of rotatable bonds is 4. The number of aromatic nitrogens is 2. The van der Waals surface area contributed by atoms with Crippen molar-refractivity contribution in [2.75, 3.05) is 5.32 Å². The smallest absolute Gasteiger partial charge is 0.261 e. The minimum atomic E-state index is -0.881. The van der Waals surface area contributed by atoms with Crippen LogP contribution in [0.2, 0.25) is 0 Å². The maximum absolute atomic E-state index is 13.6. The SMILES string of the molecule is CCc1nc2ccccc2c(=O)n1CC(=O)Nc1ccc(F)cc1F. The van der Waals surface area contributed by atoms with Gasteiger partial charge in [0.2, 0.25) is 5.91 Å². The molecule has 0 aliphatic heterocycles. The predicted octanol–water partition coefficient (Wildman–Crippen LogP) is 2.88. The third-order valence-electron chi connectivity index (χ3n) is 3.76. The van der Waals surface area contributed by atoms with Gasteiger partial charge in [-0.15, -0.1) is 0 Å². The molecule has 1 amide bonds. The number of nitrogens with zero attached hydrogens (tertiary/aromatic N) is 2. The third-order valence-corrected chi connectivity index (χ3v) is 3.76. The van der Waals surface area contributed by atoms with Gasteiger partial charge in [0.15, 0.2) is 0 Å². The lowest BCUT2D eigenvalue weighted by molar-refractivity contribution is -0.116. The number of para-hydroxylation sites is 1. The standard InChI is InChI=1S/C18H15F2N3O2/c1-2-16-21-14-6-4-3-5-12(14)18(25)23(16)10-17(24)22-15-8-7-11(19)9-13(15)20/h3-9H,2,10H2,1H3,(H,22,24). The molecule has 0 fully saturated rings. The summed E-state index contributed by atoms with van der Waals surface area (Å²) in [6, 6.07) is 9.71. The van der Waals surface area contributed by atoms with E-state index in [9.17, 15) is 18.4 Å². The summed E-state index contributed by atoms with van der Waals surface area (Å²) in [7, 11) is 0. The lowest BCUT2D eigenvalue weighted by Crippen LogP contribution is -2.31. The molecule has 0 saturated carbocycles. The molecule has 0 saturated heterocycles. The molecule has 128 valence electrons. The maximum Gasteiger partial charge on any atom is 0.261 e. The number of hydrogen-bond acceptors (Lipinski definition) is 3. The van der Waals surface area contributed by atoms with Crippen molar-refractivity contribution in [3.05, 3.63) is 70.3 Å². The van der Waals surface area contributed by atoms with Crippen LogP contribution >= 0.6 is 0 Å². The maximum atomic E-state index is 13.6. The zero-order valence-corrected chi connectivity index (χ0v) is 13.4. The van der Waals surface area contributed by atoms with Gasteiger partial charge in [-0.05, 0) is 24.3 Å². The van der Waals surface area contributed by atoms with Gasteiger partial charge in [0.05, 0.1) is 16.6 Å². The van der Waals surface area contributed by atoms with E-state index in [1.54, 1.807) is 24.3 Å². The van der Waals surface area contributed by atoms with E-state index in [0.717, 1.165) is 12.1 Å². The highest BCUT2D eigenvalue weighted by Crippen LogP contribution is 2.15. The van der Waals surface area contributed by atoms with Crippen LogP contribution in [0.5, 0.6) is 0 Å². The summed E-state index contributed by atoms with van der Waals surface area (Å²) in [6.07, 6.45) is 0.457. The largest absolute Gasteiger partial charge is 0.322 e. The fourth-order valence-electron chi connectivity index (χ4n) is 2.57. The van der Waals surface area contributed by atoms with Crippen LogP contribution < -0.4 is 10.9 Å². The van der Waals surface area contributed by atoms with Crippen LogP contribution in [0.4, 0.5) is 14.5 Å². The summed E-state index contributed by atoms with van der Waals surface area (Å²) < 4.78 is 27.8. The van der Waals surface area contributed by atoms with Crippen molar-refractivity contribution in [2.45, 2.75) is 19.9 Å². The summed E-state index contributed by atoms with van der Waals surface area (Å²) in [4.78, 5) is 29.2. The second-order valence-electron chi connectivity index (χ2n) is 5.46. The number of aryl methyl sites for hydroxylation is 1. The Morgan fingerprint density at radius 2 is 1.96 bits per heavy atom. The minimum absolute atomic E-state index is 0.147. The van der Waals surface area contributed by atoms with E-state index in [4.69, 9.17) is 0 Å². The summed E-state index contributed by atoms with van der Waals surface area (Å²) in [6.45, 7) is 1.52. The van der Waals surface area contributed by atoms with Crippen LogP contribution in [0.3, 0.4) is 0 Å². The van der Waals surface area contributed by atoms with Crippen LogP contribution in [0.15, 0.2) is 47.3 Å². The molecular formula is C18H15F2N3O2. The fraction of sp³-hybridized carbons (Fsp3) is 0.167. The first-order chi connectivity index (χ1) is 12.0. The van der Waals surface area contributed by atoms with Gasteiger partial charge in [0, 0.05) is 12.5 Å². The Labute approximate surface area is 141 Å². The van der Waals surface area contributed by atoms with Crippen molar-refractivity contribution in [1.29, 1.82) is 0 Å². The molecule has 2 aromatic carbocycles. The first-order valence-corrected chi connectivity index (χ1v) is 7.73. The Hall–Kier alpha value is -3.09. The van der Waals surface area contributed by atoms with Crippen molar-refractivity contribution in [1.82, 2.24) is 9.55 Å². The average Bonchev–Trinajstić information content (AvgIpc) is 2.59. The molecule has 3 aromatic rings. The number of nitrogens with one attached hydrogen (secondary N) is 1. The fourth-order valence-corrected chi connectivity index (χ4v) is 2.57. The number of benzene rings is 2. The van der Waals surface area contributed by atoms with Crippen molar-refractivity contribution in [2.24, 2.45) is 0 Å². The van der Waals surface area contributed by atoms with Gasteiger partial charge in [-0.3, -0.25) is 14.2 Å². The normalized spacial score (nSPS) is 10.8. The highest BCUT2D eigenvalue weighted by molar-refractivity contribution is 5.91. The highest BCUT2D eigenvalue weighted by atomic mass is 19.1. The molecule has 0 spiro atoms. The van der Waals surface area contributed by atoms with E-state index in [1.165, 1.54) is 4.57 Å². The van der Waals surface area contributed by atoms with Gasteiger partial charge in [0.25, 0.3) is 5.56 Å². The van der Waals surface area contributed by atoms with Crippen LogP contribution in [-0.2, 0) is 17.8 Å². The van der Waals surface area contributed by atoms with E-state index >= 15 is 0 Å². The molecule has 0 unspecified atom stereocenters. The average molecular weight is 343 g/mol. The molecule has 25 heavy (non-hydrogen) atoms. The number of carbonyl (C=O) groups is 1. The Morgan fingerprint density at radius 1 is 1.20 bits per heavy atom. The van der Waals surface area contributed by atoms with Gasteiger partial charge in [-0.2, -0.15) is 0 Å². The van der Waals surface area contributed by atoms with Gasteiger partial charge in [-0.1, -0.05) is 19.1 Å². The van der Waals surface area contributed by atoms with Crippen LogP contribution in [0.1, 0.15) is 12.7 Å². The van der Waals surface area contributed by atoms with Gasteiger partial charge in [-0.25, -0.2) is 13.8 Å². The number of carbonyl (C=O) groups excluding carboxylic acids is 1. The van der Waals surface area contributed by atoms with E-state index in [2.05, 4.69) is 10.3 Å². The quantitative estimate of drug-likeness (QED) is 0.792. The zero-order valence-electron chi connectivity index (χ0n) is 13.4. The number of halogens is 2. The van der Waals surface area contributed by atoms with Crippen LogP contribution in [0, 0.1) is 11.6 Å². The predicted molar refractivity (Wildman–Crippen MR) is 90.4 cm³/mol. The lowest BCUT2D eigenvalue weighted by atomic mass is 10.2. The second kappa shape index (κ2) is 6.80. The van der Waals surface area contributed by atoms with Crippen molar-refractivity contribution in [3.63, 3.8) is 0 Å². The molecular weight excluding hydrogens is 328 g/mol. The van der Waals surface area contributed by atoms with Gasteiger partial charge in [0.1, 0.15) is 24.0 Å². The molecule has 3 rings (SSSR count). The van der Waals surface area contributed by atoms with E-state index in [-0.39, 0.29) is 17.8 Å². The molecule has 1 aromatic heterocycles. The van der Waals surface area contributed by atoms with E-state index in [1.807, 2.05) is 6.92 Å². The molecule has 1 heterocycles. The van der Waals surface area contributed by atoms with Gasteiger partial charge < -0.3 is 5.32 Å². The van der Waals surface area contributed by atoms with Crippen molar-refractivity contribution in [3.8, 4) is 0 Å². The molecule has 0 atom stereocenters. The van der Waals surface area contributed by atoms with Crippen molar-refractivity contribution < 1.29 is 13.6 Å². The monoisotopic (exact) mass is 343 g/mol. The number of hydrogen-bond donors (Lipinski definition) is 1. The Bertz CT molecular complexity index is 1010. The third kappa shape index (κ3) is 3.40. The molecule has 0 radical (unpaired) electrons. The molecule has 0 bridgehead atoms. The molecule has 7 heteroatoms. The molecule has 1 N–H and O–H groups in total. The Kier molecular flexibility index (Phi) is 4.56. The Balaban J connectivity index is 1.93. The van der Waals surface area contributed by atoms with E-state index in [0.29, 0.717) is 29.2 Å². The highest BCUT2D eigenvalue weighted by Gasteiger charge is 2.14. The summed E-state index contributed by atoms with van der Waals surface area (Å²) in [5.74, 6) is -1.76. The number of fused-ring (bicyclic) bond motifs is 1. The summed E-state index contributed by atoms with van der Waals surface area (Å²) >= 11 is 0. The minimum Gasteiger partial charge on any atom is -0.322 e.